The number of piperazine rings is 1. The van der Waals surface area contributed by atoms with Gasteiger partial charge in [0.1, 0.15) is 5.75 Å². The predicted molar refractivity (Wildman–Crippen MR) is 99.1 cm³/mol. The van der Waals surface area contributed by atoms with Crippen molar-refractivity contribution in [2.45, 2.75) is 33.1 Å². The summed E-state index contributed by atoms with van der Waals surface area (Å²) in [5, 5.41) is 0. The third kappa shape index (κ3) is 5.63. The number of ether oxygens (including phenoxy) is 1. The molecule has 1 aromatic rings. The number of benzene rings is 1. The van der Waals surface area contributed by atoms with Crippen LogP contribution >= 0.6 is 11.6 Å². The van der Waals surface area contributed by atoms with Crippen LogP contribution in [0.25, 0.3) is 0 Å². The highest BCUT2D eigenvalue weighted by Crippen LogP contribution is 2.22. The van der Waals surface area contributed by atoms with Crippen molar-refractivity contribution in [2.24, 2.45) is 0 Å². The second kappa shape index (κ2) is 9.66. The molecular weight excluding hydrogens is 340 g/mol. The van der Waals surface area contributed by atoms with Crippen molar-refractivity contribution >= 4 is 23.4 Å². The number of rotatable bonds is 7. The van der Waals surface area contributed by atoms with E-state index in [-0.39, 0.29) is 11.8 Å². The van der Waals surface area contributed by atoms with E-state index in [1.165, 1.54) is 0 Å². The molecule has 0 radical (unpaired) electrons. The number of aryl methyl sites for hydroxylation is 2. The first kappa shape index (κ1) is 19.6. The van der Waals surface area contributed by atoms with Gasteiger partial charge in [0, 0.05) is 44.9 Å². The number of hydrogen-bond donors (Lipinski definition) is 0. The standard InChI is InChI=1S/C19H27ClN2O3/c1-15-5-3-6-16(2)19(15)25-14-4-7-17(23)21-10-12-22(13-11-21)18(24)8-9-20/h3,5-6H,4,7-14H2,1-2H3. The Morgan fingerprint density at radius 1 is 1.00 bits per heavy atom. The van der Waals surface area contributed by atoms with Crippen molar-refractivity contribution in [2.75, 3.05) is 38.7 Å². The lowest BCUT2D eigenvalue weighted by molar-refractivity contribution is -0.139. The quantitative estimate of drug-likeness (QED) is 0.550. The normalized spacial score (nSPS) is 14.5. The fraction of sp³-hybridized carbons (Fsp3) is 0.579. The van der Waals surface area contributed by atoms with Gasteiger partial charge in [-0.2, -0.15) is 0 Å². The second-order valence-corrected chi connectivity index (χ2v) is 6.75. The summed E-state index contributed by atoms with van der Waals surface area (Å²) < 4.78 is 5.84. The minimum Gasteiger partial charge on any atom is -0.493 e. The minimum atomic E-state index is 0.0732. The lowest BCUT2D eigenvalue weighted by Gasteiger charge is -2.34. The van der Waals surface area contributed by atoms with Gasteiger partial charge in [-0.05, 0) is 31.4 Å². The number of alkyl halides is 1. The molecule has 2 amide bonds. The van der Waals surface area contributed by atoms with Gasteiger partial charge >= 0.3 is 0 Å². The molecule has 0 aliphatic carbocycles. The van der Waals surface area contributed by atoms with Gasteiger partial charge in [-0.15, -0.1) is 11.6 Å². The van der Waals surface area contributed by atoms with E-state index in [4.69, 9.17) is 16.3 Å². The molecule has 0 aromatic heterocycles. The van der Waals surface area contributed by atoms with Crippen LogP contribution in [0.1, 0.15) is 30.4 Å². The molecule has 1 saturated heterocycles. The van der Waals surface area contributed by atoms with Crippen molar-refractivity contribution in [1.29, 1.82) is 0 Å². The van der Waals surface area contributed by atoms with Gasteiger partial charge in [0.25, 0.3) is 0 Å². The zero-order valence-electron chi connectivity index (χ0n) is 15.1. The van der Waals surface area contributed by atoms with Gasteiger partial charge < -0.3 is 14.5 Å². The lowest BCUT2D eigenvalue weighted by Crippen LogP contribution is -2.50. The Kier molecular flexibility index (Phi) is 7.56. The molecule has 138 valence electrons. The van der Waals surface area contributed by atoms with Gasteiger partial charge in [0.2, 0.25) is 11.8 Å². The van der Waals surface area contributed by atoms with Crippen LogP contribution in [-0.4, -0.2) is 60.3 Å². The van der Waals surface area contributed by atoms with Crippen LogP contribution in [0.2, 0.25) is 0 Å². The van der Waals surface area contributed by atoms with Crippen LogP contribution in [-0.2, 0) is 9.59 Å². The Bertz CT molecular complexity index is 578. The molecular formula is C19H27ClN2O3. The van der Waals surface area contributed by atoms with E-state index in [0.29, 0.717) is 57.9 Å². The van der Waals surface area contributed by atoms with Crippen molar-refractivity contribution in [3.63, 3.8) is 0 Å². The summed E-state index contributed by atoms with van der Waals surface area (Å²) in [7, 11) is 0. The molecule has 1 aliphatic rings. The van der Waals surface area contributed by atoms with Crippen LogP contribution in [0.15, 0.2) is 18.2 Å². The fourth-order valence-corrected chi connectivity index (χ4v) is 3.19. The Labute approximate surface area is 154 Å². The Morgan fingerprint density at radius 2 is 1.52 bits per heavy atom. The maximum Gasteiger partial charge on any atom is 0.223 e. The summed E-state index contributed by atoms with van der Waals surface area (Å²) in [6.45, 7) is 6.98. The molecule has 1 heterocycles. The monoisotopic (exact) mass is 366 g/mol. The smallest absolute Gasteiger partial charge is 0.223 e. The van der Waals surface area contributed by atoms with Crippen LogP contribution < -0.4 is 4.74 Å². The molecule has 0 atom stereocenters. The summed E-state index contributed by atoms with van der Waals surface area (Å²) in [6.07, 6.45) is 1.53. The maximum atomic E-state index is 12.3. The zero-order chi connectivity index (χ0) is 18.2. The van der Waals surface area contributed by atoms with Crippen LogP contribution in [0, 0.1) is 13.8 Å². The second-order valence-electron chi connectivity index (χ2n) is 6.37. The maximum absolute atomic E-state index is 12.3. The molecule has 25 heavy (non-hydrogen) atoms. The molecule has 1 aromatic carbocycles. The molecule has 0 N–H and O–H groups in total. The van der Waals surface area contributed by atoms with Gasteiger partial charge in [0.15, 0.2) is 0 Å². The highest BCUT2D eigenvalue weighted by atomic mass is 35.5. The Hall–Kier alpha value is -1.75. The largest absolute Gasteiger partial charge is 0.493 e. The van der Waals surface area contributed by atoms with E-state index in [1.54, 1.807) is 4.90 Å². The highest BCUT2D eigenvalue weighted by molar-refractivity contribution is 6.18. The van der Waals surface area contributed by atoms with E-state index in [0.717, 1.165) is 16.9 Å². The Morgan fingerprint density at radius 3 is 2.04 bits per heavy atom. The lowest BCUT2D eigenvalue weighted by atomic mass is 10.1. The van der Waals surface area contributed by atoms with Crippen molar-refractivity contribution in [3.8, 4) is 5.75 Å². The fourth-order valence-electron chi connectivity index (χ4n) is 3.03. The van der Waals surface area contributed by atoms with E-state index in [1.807, 2.05) is 36.9 Å². The number of hydrogen-bond acceptors (Lipinski definition) is 3. The molecule has 1 fully saturated rings. The van der Waals surface area contributed by atoms with Crippen molar-refractivity contribution in [3.05, 3.63) is 29.3 Å². The average Bonchev–Trinajstić information content (AvgIpc) is 2.61. The van der Waals surface area contributed by atoms with Crippen molar-refractivity contribution < 1.29 is 14.3 Å². The van der Waals surface area contributed by atoms with Crippen LogP contribution in [0.4, 0.5) is 0 Å². The third-order valence-corrected chi connectivity index (χ3v) is 4.67. The molecule has 5 nitrogen and oxygen atoms in total. The molecule has 0 bridgehead atoms. The van der Waals surface area contributed by atoms with Gasteiger partial charge in [0.05, 0.1) is 6.61 Å². The van der Waals surface area contributed by atoms with Gasteiger partial charge in [-0.3, -0.25) is 9.59 Å². The first-order valence-electron chi connectivity index (χ1n) is 8.83. The van der Waals surface area contributed by atoms with Crippen molar-refractivity contribution in [1.82, 2.24) is 9.80 Å². The van der Waals surface area contributed by atoms with E-state index >= 15 is 0 Å². The van der Waals surface area contributed by atoms with E-state index < -0.39 is 0 Å². The number of carbonyl (C=O) groups excluding carboxylic acids is 2. The Balaban J connectivity index is 1.69. The number of nitrogens with zero attached hydrogens (tertiary/aromatic N) is 2. The topological polar surface area (TPSA) is 49.9 Å². The summed E-state index contributed by atoms with van der Waals surface area (Å²) in [5.41, 5.74) is 2.23. The summed E-state index contributed by atoms with van der Waals surface area (Å²) in [5.74, 6) is 1.47. The number of amides is 2. The molecule has 0 unspecified atom stereocenters. The van der Waals surface area contributed by atoms with E-state index in [9.17, 15) is 9.59 Å². The molecule has 6 heteroatoms. The minimum absolute atomic E-state index is 0.0732. The van der Waals surface area contributed by atoms with Gasteiger partial charge in [-0.1, -0.05) is 18.2 Å². The predicted octanol–water partition coefficient (Wildman–Crippen LogP) is 2.76. The van der Waals surface area contributed by atoms with E-state index in [2.05, 4.69) is 0 Å². The van der Waals surface area contributed by atoms with Gasteiger partial charge in [-0.25, -0.2) is 0 Å². The number of para-hydroxylation sites is 1. The molecule has 0 spiro atoms. The van der Waals surface area contributed by atoms with Crippen LogP contribution in [0.5, 0.6) is 5.75 Å². The first-order chi connectivity index (χ1) is 12.0. The SMILES string of the molecule is Cc1cccc(C)c1OCCCC(=O)N1CCN(C(=O)CCCl)CC1. The molecule has 0 saturated carbocycles. The first-order valence-corrected chi connectivity index (χ1v) is 9.37. The summed E-state index contributed by atoms with van der Waals surface area (Å²) in [6, 6.07) is 6.07. The van der Waals surface area contributed by atoms with Crippen LogP contribution in [0.3, 0.4) is 0 Å². The number of halogens is 1. The average molecular weight is 367 g/mol. The molecule has 2 rings (SSSR count). The highest BCUT2D eigenvalue weighted by Gasteiger charge is 2.23. The summed E-state index contributed by atoms with van der Waals surface area (Å²) in [4.78, 5) is 27.7. The number of carbonyl (C=O) groups is 2. The zero-order valence-corrected chi connectivity index (χ0v) is 15.8. The third-order valence-electron chi connectivity index (χ3n) is 4.48. The summed E-state index contributed by atoms with van der Waals surface area (Å²) >= 11 is 5.61. The molecule has 1 aliphatic heterocycles.